The smallest absolute Gasteiger partial charge is 0.335 e. The highest BCUT2D eigenvalue weighted by Crippen LogP contribution is 2.33. The van der Waals surface area contributed by atoms with Gasteiger partial charge in [0, 0.05) is 0 Å². The molecular weight excluding hydrogens is 416 g/mol. The molecule has 0 saturated heterocycles. The lowest BCUT2D eigenvalue weighted by Crippen LogP contribution is -1.98. The molecule has 114 valence electrons. The molecule has 0 atom stereocenters. The molecule has 2 aromatic rings. The van der Waals surface area contributed by atoms with Crippen LogP contribution in [0.2, 0.25) is 0 Å². The van der Waals surface area contributed by atoms with Crippen LogP contribution in [0, 0.1) is 0 Å². The van der Waals surface area contributed by atoms with Crippen molar-refractivity contribution in [3.05, 3.63) is 56.5 Å². The Balaban J connectivity index is 2.13. The highest BCUT2D eigenvalue weighted by Gasteiger charge is 2.06. The predicted molar refractivity (Wildman–Crippen MR) is 93.0 cm³/mol. The summed E-state index contributed by atoms with van der Waals surface area (Å²) >= 11 is 6.84. The number of nitrogens with one attached hydrogen (secondary N) is 1. The van der Waals surface area contributed by atoms with Crippen molar-refractivity contribution in [2.45, 2.75) is 0 Å². The summed E-state index contributed by atoms with van der Waals surface area (Å²) in [5, 5.41) is 13.0. The third kappa shape index (κ3) is 4.08. The number of rotatable bonds is 5. The molecule has 0 spiro atoms. The van der Waals surface area contributed by atoms with Crippen LogP contribution in [0.25, 0.3) is 0 Å². The summed E-state index contributed by atoms with van der Waals surface area (Å²) in [5.41, 5.74) is 4.45. The monoisotopic (exact) mass is 426 g/mol. The maximum atomic E-state index is 10.9. The van der Waals surface area contributed by atoms with Crippen LogP contribution in [0.1, 0.15) is 15.9 Å². The van der Waals surface area contributed by atoms with E-state index in [-0.39, 0.29) is 5.56 Å². The SMILES string of the molecule is COc1c(Br)cc(/C=N/Nc2cccc(C(=O)O)c2)cc1Br. The van der Waals surface area contributed by atoms with Gasteiger partial charge >= 0.3 is 5.97 Å². The summed E-state index contributed by atoms with van der Waals surface area (Å²) < 4.78 is 6.84. The fourth-order valence-electron chi connectivity index (χ4n) is 1.75. The molecular formula is C15H12Br2N2O3. The van der Waals surface area contributed by atoms with Crippen molar-refractivity contribution < 1.29 is 14.6 Å². The van der Waals surface area contributed by atoms with Gasteiger partial charge in [0.15, 0.2) is 0 Å². The summed E-state index contributed by atoms with van der Waals surface area (Å²) in [7, 11) is 1.59. The number of hydrazone groups is 1. The van der Waals surface area contributed by atoms with E-state index in [1.165, 1.54) is 12.1 Å². The van der Waals surface area contributed by atoms with Crippen molar-refractivity contribution in [3.8, 4) is 5.75 Å². The molecule has 0 aliphatic carbocycles. The largest absolute Gasteiger partial charge is 0.494 e. The zero-order valence-corrected chi connectivity index (χ0v) is 14.7. The molecule has 0 aromatic heterocycles. The maximum Gasteiger partial charge on any atom is 0.335 e. The predicted octanol–water partition coefficient (Wildman–Crippen LogP) is 4.36. The highest BCUT2D eigenvalue weighted by atomic mass is 79.9. The molecule has 5 nitrogen and oxygen atoms in total. The molecule has 22 heavy (non-hydrogen) atoms. The van der Waals surface area contributed by atoms with E-state index in [0.717, 1.165) is 14.5 Å². The Kier molecular flexibility index (Phi) is 5.57. The van der Waals surface area contributed by atoms with E-state index in [9.17, 15) is 4.79 Å². The van der Waals surface area contributed by atoms with Gasteiger partial charge in [-0.25, -0.2) is 4.79 Å². The van der Waals surface area contributed by atoms with E-state index < -0.39 is 5.97 Å². The molecule has 2 N–H and O–H groups in total. The average Bonchev–Trinajstić information content (AvgIpc) is 2.47. The molecule has 0 heterocycles. The second kappa shape index (κ2) is 7.42. The molecule has 0 amide bonds. The van der Waals surface area contributed by atoms with Crippen LogP contribution >= 0.6 is 31.9 Å². The third-order valence-corrected chi connectivity index (χ3v) is 3.92. The van der Waals surface area contributed by atoms with E-state index in [1.54, 1.807) is 25.5 Å². The Hall–Kier alpha value is -1.86. The Labute approximate surface area is 144 Å². The van der Waals surface area contributed by atoms with Crippen LogP contribution in [0.3, 0.4) is 0 Å². The highest BCUT2D eigenvalue weighted by molar-refractivity contribution is 9.11. The van der Waals surface area contributed by atoms with Gasteiger partial charge in [0.25, 0.3) is 0 Å². The minimum Gasteiger partial charge on any atom is -0.494 e. The second-order valence-corrected chi connectivity index (χ2v) is 5.98. The van der Waals surface area contributed by atoms with Crippen LogP contribution in [0.4, 0.5) is 5.69 Å². The molecule has 0 aliphatic rings. The summed E-state index contributed by atoms with van der Waals surface area (Å²) in [6.07, 6.45) is 1.63. The lowest BCUT2D eigenvalue weighted by molar-refractivity contribution is 0.0697. The number of hydrogen-bond acceptors (Lipinski definition) is 4. The average molecular weight is 428 g/mol. The quantitative estimate of drug-likeness (QED) is 0.549. The van der Waals surface area contributed by atoms with Gasteiger partial charge in [0.2, 0.25) is 0 Å². The van der Waals surface area contributed by atoms with Gasteiger partial charge in [-0.15, -0.1) is 0 Å². The third-order valence-electron chi connectivity index (χ3n) is 2.74. The summed E-state index contributed by atoms with van der Waals surface area (Å²) in [4.78, 5) is 10.9. The molecule has 0 saturated carbocycles. The summed E-state index contributed by atoms with van der Waals surface area (Å²) in [6.45, 7) is 0. The fraction of sp³-hybridized carbons (Fsp3) is 0.0667. The van der Waals surface area contributed by atoms with E-state index >= 15 is 0 Å². The molecule has 0 aliphatic heterocycles. The standard InChI is InChI=1S/C15H12Br2N2O3/c1-22-14-12(16)5-9(6-13(14)17)8-18-19-11-4-2-3-10(7-11)15(20)21/h2-8,19H,1H3,(H,20,21)/b18-8+. The number of carboxylic acids is 1. The van der Waals surface area contributed by atoms with Crippen molar-refractivity contribution in [1.82, 2.24) is 0 Å². The molecule has 0 fully saturated rings. The van der Waals surface area contributed by atoms with Gasteiger partial charge in [-0.05, 0) is 67.8 Å². The lowest BCUT2D eigenvalue weighted by atomic mass is 10.2. The maximum absolute atomic E-state index is 10.9. The molecule has 0 unspecified atom stereocenters. The molecule has 7 heteroatoms. The fourth-order valence-corrected chi connectivity index (χ4v) is 3.30. The number of methoxy groups -OCH3 is 1. The Morgan fingerprint density at radius 2 is 1.95 bits per heavy atom. The van der Waals surface area contributed by atoms with Crippen LogP contribution in [0.15, 0.2) is 50.4 Å². The van der Waals surface area contributed by atoms with Gasteiger partial charge in [-0.3, -0.25) is 5.43 Å². The zero-order chi connectivity index (χ0) is 16.1. The molecule has 0 bridgehead atoms. The van der Waals surface area contributed by atoms with Gasteiger partial charge in [-0.2, -0.15) is 5.10 Å². The first-order valence-corrected chi connectivity index (χ1v) is 7.75. The van der Waals surface area contributed by atoms with Crippen molar-refractivity contribution in [2.24, 2.45) is 5.10 Å². The molecule has 2 rings (SSSR count). The van der Waals surface area contributed by atoms with Crippen LogP contribution in [-0.2, 0) is 0 Å². The number of aromatic carboxylic acids is 1. The van der Waals surface area contributed by atoms with Gasteiger partial charge < -0.3 is 9.84 Å². The first-order chi connectivity index (χ1) is 10.5. The topological polar surface area (TPSA) is 70.9 Å². The number of benzene rings is 2. The summed E-state index contributed by atoms with van der Waals surface area (Å²) in [6, 6.07) is 10.2. The number of carbonyl (C=O) groups is 1. The van der Waals surface area contributed by atoms with Crippen LogP contribution in [-0.4, -0.2) is 24.4 Å². The number of anilines is 1. The Bertz CT molecular complexity index is 709. The first-order valence-electron chi connectivity index (χ1n) is 6.16. The van der Waals surface area contributed by atoms with Crippen LogP contribution < -0.4 is 10.2 Å². The number of carboxylic acid groups (broad SMARTS) is 1. The number of halogens is 2. The van der Waals surface area contributed by atoms with Gasteiger partial charge in [0.1, 0.15) is 5.75 Å². The van der Waals surface area contributed by atoms with Gasteiger partial charge in [-0.1, -0.05) is 6.07 Å². The second-order valence-electron chi connectivity index (χ2n) is 4.27. The van der Waals surface area contributed by atoms with E-state index in [0.29, 0.717) is 11.4 Å². The van der Waals surface area contributed by atoms with E-state index in [2.05, 4.69) is 42.4 Å². The van der Waals surface area contributed by atoms with E-state index in [4.69, 9.17) is 9.84 Å². The van der Waals surface area contributed by atoms with Crippen molar-refractivity contribution in [1.29, 1.82) is 0 Å². The van der Waals surface area contributed by atoms with Gasteiger partial charge in [0.05, 0.1) is 33.5 Å². The number of nitrogens with zero attached hydrogens (tertiary/aromatic N) is 1. The first kappa shape index (κ1) is 16.5. The normalized spacial score (nSPS) is 10.7. The minimum absolute atomic E-state index is 0.204. The van der Waals surface area contributed by atoms with E-state index in [1.807, 2.05) is 12.1 Å². The molecule has 2 aromatic carbocycles. The minimum atomic E-state index is -0.976. The Morgan fingerprint density at radius 3 is 2.55 bits per heavy atom. The summed E-state index contributed by atoms with van der Waals surface area (Å²) in [5.74, 6) is -0.269. The van der Waals surface area contributed by atoms with Crippen molar-refractivity contribution >= 4 is 49.7 Å². The van der Waals surface area contributed by atoms with Crippen molar-refractivity contribution in [2.75, 3.05) is 12.5 Å². The number of ether oxygens (including phenoxy) is 1. The van der Waals surface area contributed by atoms with Crippen LogP contribution in [0.5, 0.6) is 5.75 Å². The Morgan fingerprint density at radius 1 is 1.27 bits per heavy atom. The number of hydrogen-bond donors (Lipinski definition) is 2. The zero-order valence-electron chi connectivity index (χ0n) is 11.5. The lowest BCUT2D eigenvalue weighted by Gasteiger charge is -2.07. The van der Waals surface area contributed by atoms with Crippen molar-refractivity contribution in [3.63, 3.8) is 0 Å². The molecule has 0 radical (unpaired) electrons.